The summed E-state index contributed by atoms with van der Waals surface area (Å²) in [5.41, 5.74) is 0. The molecule has 2 saturated heterocycles. The Morgan fingerprint density at radius 1 is 1.27 bits per heavy atom. The second kappa shape index (κ2) is 5.31. The molecule has 0 aromatic carbocycles. The van der Waals surface area contributed by atoms with Crippen LogP contribution in [0.15, 0.2) is 0 Å². The number of hydrogen-bond acceptors (Lipinski definition) is 2. The molecule has 0 spiro atoms. The van der Waals surface area contributed by atoms with Gasteiger partial charge in [0.25, 0.3) is 0 Å². The van der Waals surface area contributed by atoms with Gasteiger partial charge in [-0.3, -0.25) is 4.90 Å². The molecule has 0 aromatic heterocycles. The molecule has 0 amide bonds. The molecule has 2 heteroatoms. The first-order valence-corrected chi connectivity index (χ1v) is 6.72. The molecule has 0 aromatic rings. The van der Waals surface area contributed by atoms with Gasteiger partial charge in [-0.05, 0) is 57.2 Å². The number of nitrogens with one attached hydrogen (secondary N) is 1. The van der Waals surface area contributed by atoms with Crippen molar-refractivity contribution in [1.29, 1.82) is 0 Å². The monoisotopic (exact) mass is 210 g/mol. The van der Waals surface area contributed by atoms with E-state index in [4.69, 9.17) is 0 Å². The first-order valence-electron chi connectivity index (χ1n) is 6.72. The highest BCUT2D eigenvalue weighted by Crippen LogP contribution is 2.28. The summed E-state index contributed by atoms with van der Waals surface area (Å²) in [6, 6.07) is 0.889. The molecule has 2 nitrogen and oxygen atoms in total. The van der Waals surface area contributed by atoms with Gasteiger partial charge in [0.2, 0.25) is 0 Å². The van der Waals surface area contributed by atoms with Gasteiger partial charge in [-0.1, -0.05) is 13.8 Å². The molecule has 1 N–H and O–H groups in total. The summed E-state index contributed by atoms with van der Waals surface area (Å²) < 4.78 is 0. The van der Waals surface area contributed by atoms with Crippen molar-refractivity contribution >= 4 is 0 Å². The quantitative estimate of drug-likeness (QED) is 0.767. The zero-order chi connectivity index (χ0) is 10.7. The molecule has 88 valence electrons. The Bertz CT molecular complexity index is 185. The van der Waals surface area contributed by atoms with Gasteiger partial charge in [0.1, 0.15) is 0 Å². The molecule has 0 aliphatic carbocycles. The van der Waals surface area contributed by atoms with Gasteiger partial charge in [-0.15, -0.1) is 0 Å². The van der Waals surface area contributed by atoms with Crippen molar-refractivity contribution in [3.05, 3.63) is 0 Å². The van der Waals surface area contributed by atoms with Gasteiger partial charge in [0.15, 0.2) is 0 Å². The van der Waals surface area contributed by atoms with E-state index in [0.717, 1.165) is 17.9 Å². The van der Waals surface area contributed by atoms with Crippen LogP contribution in [0.1, 0.15) is 39.5 Å². The highest BCUT2D eigenvalue weighted by atomic mass is 15.2. The second-order valence-electron chi connectivity index (χ2n) is 5.70. The Labute approximate surface area is 94.4 Å². The Kier molecular flexibility index (Phi) is 4.04. The second-order valence-corrected chi connectivity index (χ2v) is 5.70. The minimum atomic E-state index is 0.821. The Morgan fingerprint density at radius 2 is 2.13 bits per heavy atom. The highest BCUT2D eigenvalue weighted by Gasteiger charge is 2.32. The highest BCUT2D eigenvalue weighted by molar-refractivity contribution is 4.88. The lowest BCUT2D eigenvalue weighted by atomic mass is 9.90. The predicted molar refractivity (Wildman–Crippen MR) is 65.0 cm³/mol. The summed E-state index contributed by atoms with van der Waals surface area (Å²) in [5, 5.41) is 3.56. The maximum Gasteiger partial charge on any atom is 0.0136 e. The minimum Gasteiger partial charge on any atom is -0.316 e. The third kappa shape index (κ3) is 2.94. The Balaban J connectivity index is 1.88. The zero-order valence-corrected chi connectivity index (χ0v) is 10.3. The van der Waals surface area contributed by atoms with Crippen LogP contribution in [0.25, 0.3) is 0 Å². The predicted octanol–water partition coefficient (Wildman–Crippen LogP) is 2.11. The third-order valence-corrected chi connectivity index (χ3v) is 3.89. The molecule has 2 aliphatic heterocycles. The van der Waals surface area contributed by atoms with E-state index in [-0.39, 0.29) is 0 Å². The first-order chi connectivity index (χ1) is 7.27. The van der Waals surface area contributed by atoms with Crippen molar-refractivity contribution in [2.45, 2.75) is 45.6 Å². The van der Waals surface area contributed by atoms with E-state index in [1.165, 1.54) is 51.9 Å². The summed E-state index contributed by atoms with van der Waals surface area (Å²) in [7, 11) is 0. The topological polar surface area (TPSA) is 15.3 Å². The van der Waals surface area contributed by atoms with Crippen molar-refractivity contribution in [2.24, 2.45) is 11.8 Å². The van der Waals surface area contributed by atoms with Crippen LogP contribution in [0.4, 0.5) is 0 Å². The van der Waals surface area contributed by atoms with E-state index in [9.17, 15) is 0 Å². The molecular formula is C13H26N2. The number of likely N-dealkylation sites (tertiary alicyclic amines) is 1. The van der Waals surface area contributed by atoms with Crippen LogP contribution in [-0.2, 0) is 0 Å². The smallest absolute Gasteiger partial charge is 0.0136 e. The van der Waals surface area contributed by atoms with Crippen molar-refractivity contribution in [3.8, 4) is 0 Å². The standard InChI is InChI=1S/C13H26N2/c1-11(2)10-15-8-4-6-13(15)12-5-3-7-14-9-12/h11-14H,3-10H2,1-2H3. The molecule has 0 saturated carbocycles. The fourth-order valence-corrected chi connectivity index (χ4v) is 3.29. The summed E-state index contributed by atoms with van der Waals surface area (Å²) >= 11 is 0. The number of rotatable bonds is 3. The van der Waals surface area contributed by atoms with Gasteiger partial charge in [-0.25, -0.2) is 0 Å². The van der Waals surface area contributed by atoms with Crippen molar-refractivity contribution in [2.75, 3.05) is 26.2 Å². The fraction of sp³-hybridized carbons (Fsp3) is 1.00. The number of hydrogen-bond donors (Lipinski definition) is 1. The third-order valence-electron chi connectivity index (χ3n) is 3.89. The zero-order valence-electron chi connectivity index (χ0n) is 10.3. The molecule has 2 rings (SSSR count). The van der Waals surface area contributed by atoms with Gasteiger partial charge < -0.3 is 5.32 Å². The lowest BCUT2D eigenvalue weighted by Crippen LogP contribution is -2.44. The lowest BCUT2D eigenvalue weighted by molar-refractivity contribution is 0.151. The van der Waals surface area contributed by atoms with Crippen LogP contribution in [0.5, 0.6) is 0 Å². The molecule has 2 unspecified atom stereocenters. The van der Waals surface area contributed by atoms with Crippen LogP contribution < -0.4 is 5.32 Å². The van der Waals surface area contributed by atoms with Crippen LogP contribution >= 0.6 is 0 Å². The van der Waals surface area contributed by atoms with E-state index in [1.54, 1.807) is 0 Å². The molecule has 15 heavy (non-hydrogen) atoms. The van der Waals surface area contributed by atoms with Crippen molar-refractivity contribution in [3.63, 3.8) is 0 Å². The summed E-state index contributed by atoms with van der Waals surface area (Å²) in [6.45, 7) is 9.84. The minimum absolute atomic E-state index is 0.821. The van der Waals surface area contributed by atoms with E-state index < -0.39 is 0 Å². The molecule has 0 bridgehead atoms. The SMILES string of the molecule is CC(C)CN1CCCC1C1CCCNC1. The number of nitrogens with zero attached hydrogens (tertiary/aromatic N) is 1. The normalized spacial score (nSPS) is 33.8. The summed E-state index contributed by atoms with van der Waals surface area (Å²) in [6.07, 6.45) is 5.70. The van der Waals surface area contributed by atoms with E-state index in [1.807, 2.05) is 0 Å². The Morgan fingerprint density at radius 3 is 2.80 bits per heavy atom. The summed E-state index contributed by atoms with van der Waals surface area (Å²) in [5.74, 6) is 1.75. The molecule has 2 heterocycles. The van der Waals surface area contributed by atoms with Crippen LogP contribution in [0.2, 0.25) is 0 Å². The molecule has 2 aliphatic rings. The largest absolute Gasteiger partial charge is 0.316 e. The van der Waals surface area contributed by atoms with E-state index in [0.29, 0.717) is 0 Å². The van der Waals surface area contributed by atoms with Crippen LogP contribution in [-0.4, -0.2) is 37.1 Å². The van der Waals surface area contributed by atoms with Gasteiger partial charge in [0, 0.05) is 12.6 Å². The lowest BCUT2D eigenvalue weighted by Gasteiger charge is -2.35. The van der Waals surface area contributed by atoms with Gasteiger partial charge >= 0.3 is 0 Å². The van der Waals surface area contributed by atoms with E-state index in [2.05, 4.69) is 24.1 Å². The average Bonchev–Trinajstić information content (AvgIpc) is 2.66. The molecule has 0 radical (unpaired) electrons. The Hall–Kier alpha value is -0.0800. The molecule has 2 fully saturated rings. The van der Waals surface area contributed by atoms with Crippen LogP contribution in [0, 0.1) is 11.8 Å². The fourth-order valence-electron chi connectivity index (χ4n) is 3.29. The molecule has 2 atom stereocenters. The van der Waals surface area contributed by atoms with Crippen molar-refractivity contribution < 1.29 is 0 Å². The van der Waals surface area contributed by atoms with Gasteiger partial charge in [-0.2, -0.15) is 0 Å². The average molecular weight is 210 g/mol. The first kappa shape index (κ1) is 11.4. The van der Waals surface area contributed by atoms with Crippen molar-refractivity contribution in [1.82, 2.24) is 10.2 Å². The maximum absolute atomic E-state index is 3.56. The van der Waals surface area contributed by atoms with Crippen LogP contribution in [0.3, 0.4) is 0 Å². The maximum atomic E-state index is 3.56. The summed E-state index contributed by atoms with van der Waals surface area (Å²) in [4.78, 5) is 2.75. The van der Waals surface area contributed by atoms with E-state index >= 15 is 0 Å². The number of piperidine rings is 1. The molecular weight excluding hydrogens is 184 g/mol. The van der Waals surface area contributed by atoms with Gasteiger partial charge in [0.05, 0.1) is 0 Å².